The molecule has 0 unspecified atom stereocenters. The Morgan fingerprint density at radius 3 is 2.25 bits per heavy atom. The first kappa shape index (κ1) is 22.8. The molecule has 0 aliphatic heterocycles. The van der Waals surface area contributed by atoms with Crippen molar-refractivity contribution in [3.8, 4) is 11.5 Å². The normalized spacial score (nSPS) is 11.8. The van der Waals surface area contributed by atoms with E-state index in [9.17, 15) is 0 Å². The van der Waals surface area contributed by atoms with Gasteiger partial charge in [-0.2, -0.15) is 0 Å². The number of hydrogen-bond acceptors (Lipinski definition) is 3. The molecule has 0 aliphatic rings. The molecule has 1 rings (SSSR count). The fraction of sp³-hybridized carbons (Fsp3) is 0.611. The summed E-state index contributed by atoms with van der Waals surface area (Å²) < 4.78 is 10.7. The molecule has 0 saturated heterocycles. The van der Waals surface area contributed by atoms with E-state index in [4.69, 9.17) is 9.47 Å². The van der Waals surface area contributed by atoms with Crippen molar-refractivity contribution in [2.24, 2.45) is 10.9 Å². The quantitative estimate of drug-likeness (QED) is 0.381. The first-order chi connectivity index (χ1) is 10.8. The first-order valence-corrected chi connectivity index (χ1v) is 8.01. The summed E-state index contributed by atoms with van der Waals surface area (Å²) in [5, 5.41) is 6.72. The van der Waals surface area contributed by atoms with E-state index in [1.165, 1.54) is 5.56 Å². The average molecular weight is 449 g/mol. The van der Waals surface area contributed by atoms with Gasteiger partial charge in [-0.1, -0.05) is 33.8 Å². The molecule has 0 heterocycles. The SMILES string of the molecule is CN=C(NCC(C)C)NCC(C)(C)c1ccc(OC)c(OC)c1.I. The fourth-order valence-corrected chi connectivity index (χ4v) is 2.19. The molecule has 0 aliphatic carbocycles. The van der Waals surface area contributed by atoms with Gasteiger partial charge in [0.05, 0.1) is 14.2 Å². The summed E-state index contributed by atoms with van der Waals surface area (Å²) in [6.45, 7) is 10.4. The van der Waals surface area contributed by atoms with Crippen LogP contribution in [0, 0.1) is 5.92 Å². The summed E-state index contributed by atoms with van der Waals surface area (Å²) in [4.78, 5) is 4.27. The summed E-state index contributed by atoms with van der Waals surface area (Å²) in [6.07, 6.45) is 0. The van der Waals surface area contributed by atoms with Crippen LogP contribution in [0.5, 0.6) is 11.5 Å². The maximum atomic E-state index is 5.40. The van der Waals surface area contributed by atoms with Crippen molar-refractivity contribution in [2.45, 2.75) is 33.1 Å². The van der Waals surface area contributed by atoms with Crippen LogP contribution in [-0.4, -0.2) is 40.3 Å². The second-order valence-corrected chi connectivity index (χ2v) is 6.65. The number of methoxy groups -OCH3 is 2. The maximum Gasteiger partial charge on any atom is 0.191 e. The molecule has 0 fully saturated rings. The molecule has 0 radical (unpaired) electrons. The van der Waals surface area contributed by atoms with E-state index in [2.05, 4.69) is 49.4 Å². The minimum absolute atomic E-state index is 0. The van der Waals surface area contributed by atoms with Crippen LogP contribution in [0.3, 0.4) is 0 Å². The highest BCUT2D eigenvalue weighted by molar-refractivity contribution is 14.0. The van der Waals surface area contributed by atoms with Gasteiger partial charge in [0.25, 0.3) is 0 Å². The molecule has 1 aromatic carbocycles. The van der Waals surface area contributed by atoms with Gasteiger partial charge >= 0.3 is 0 Å². The summed E-state index contributed by atoms with van der Waals surface area (Å²) in [7, 11) is 5.10. The van der Waals surface area contributed by atoms with Crippen molar-refractivity contribution in [3.63, 3.8) is 0 Å². The number of rotatable bonds is 7. The van der Waals surface area contributed by atoms with E-state index >= 15 is 0 Å². The lowest BCUT2D eigenvalue weighted by molar-refractivity contribution is 0.353. The van der Waals surface area contributed by atoms with Gasteiger partial charge in [0, 0.05) is 25.6 Å². The number of hydrogen-bond donors (Lipinski definition) is 2. The Balaban J connectivity index is 0.00000529. The van der Waals surface area contributed by atoms with Crippen LogP contribution < -0.4 is 20.1 Å². The fourth-order valence-electron chi connectivity index (χ4n) is 2.19. The van der Waals surface area contributed by atoms with Crippen molar-refractivity contribution < 1.29 is 9.47 Å². The Morgan fingerprint density at radius 2 is 1.75 bits per heavy atom. The highest BCUT2D eigenvalue weighted by Gasteiger charge is 2.22. The van der Waals surface area contributed by atoms with Crippen LogP contribution in [0.25, 0.3) is 0 Å². The lowest BCUT2D eigenvalue weighted by atomic mass is 9.84. The topological polar surface area (TPSA) is 54.9 Å². The van der Waals surface area contributed by atoms with Gasteiger partial charge in [-0.3, -0.25) is 4.99 Å². The third-order valence-electron chi connectivity index (χ3n) is 3.76. The second kappa shape index (κ2) is 10.6. The van der Waals surface area contributed by atoms with E-state index < -0.39 is 0 Å². The molecule has 0 spiro atoms. The molecular formula is C18H32IN3O2. The molecule has 5 nitrogen and oxygen atoms in total. The molecular weight excluding hydrogens is 417 g/mol. The third-order valence-corrected chi connectivity index (χ3v) is 3.76. The number of halogens is 1. The minimum Gasteiger partial charge on any atom is -0.493 e. The number of nitrogens with zero attached hydrogens (tertiary/aromatic N) is 1. The molecule has 24 heavy (non-hydrogen) atoms. The Kier molecular flexibility index (Phi) is 10.1. The number of nitrogens with one attached hydrogen (secondary N) is 2. The zero-order valence-corrected chi connectivity index (χ0v) is 18.2. The van der Waals surface area contributed by atoms with Crippen LogP contribution in [0.15, 0.2) is 23.2 Å². The lowest BCUT2D eigenvalue weighted by Gasteiger charge is -2.27. The minimum atomic E-state index is -0.0744. The van der Waals surface area contributed by atoms with Crippen molar-refractivity contribution >= 4 is 29.9 Å². The predicted octanol–water partition coefficient (Wildman–Crippen LogP) is 3.42. The summed E-state index contributed by atoms with van der Waals surface area (Å²) in [5.74, 6) is 2.90. The number of guanidine groups is 1. The van der Waals surface area contributed by atoms with E-state index in [1.807, 2.05) is 12.1 Å². The van der Waals surface area contributed by atoms with Crippen molar-refractivity contribution in [2.75, 3.05) is 34.4 Å². The summed E-state index contributed by atoms with van der Waals surface area (Å²) in [5.41, 5.74) is 1.11. The largest absolute Gasteiger partial charge is 0.493 e. The summed E-state index contributed by atoms with van der Waals surface area (Å²) >= 11 is 0. The van der Waals surface area contributed by atoms with Gasteiger partial charge in [-0.15, -0.1) is 24.0 Å². The van der Waals surface area contributed by atoms with Gasteiger partial charge in [0.1, 0.15) is 0 Å². The van der Waals surface area contributed by atoms with Crippen LogP contribution in [0.4, 0.5) is 0 Å². The number of ether oxygens (including phenoxy) is 2. The van der Waals surface area contributed by atoms with Crippen molar-refractivity contribution in [1.82, 2.24) is 10.6 Å². The van der Waals surface area contributed by atoms with Crippen LogP contribution in [-0.2, 0) is 5.41 Å². The predicted molar refractivity (Wildman–Crippen MR) is 112 cm³/mol. The lowest BCUT2D eigenvalue weighted by Crippen LogP contribution is -2.44. The standard InChI is InChI=1S/C18H31N3O2.HI/c1-13(2)11-20-17(19-5)21-12-18(3,4)14-8-9-15(22-6)16(10-14)23-7;/h8-10,13H,11-12H2,1-7H3,(H2,19,20,21);1H. The molecule has 0 aromatic heterocycles. The Bertz CT molecular complexity index is 531. The van der Waals surface area contributed by atoms with E-state index in [0.29, 0.717) is 5.92 Å². The van der Waals surface area contributed by atoms with Gasteiger partial charge in [-0.25, -0.2) is 0 Å². The molecule has 6 heteroatoms. The third kappa shape index (κ3) is 6.75. The monoisotopic (exact) mass is 449 g/mol. The molecule has 0 bridgehead atoms. The van der Waals surface area contributed by atoms with E-state index in [1.54, 1.807) is 21.3 Å². The average Bonchev–Trinajstić information content (AvgIpc) is 2.53. The first-order valence-electron chi connectivity index (χ1n) is 8.01. The second-order valence-electron chi connectivity index (χ2n) is 6.65. The maximum absolute atomic E-state index is 5.40. The van der Waals surface area contributed by atoms with E-state index in [0.717, 1.165) is 30.5 Å². The van der Waals surface area contributed by atoms with Crippen LogP contribution >= 0.6 is 24.0 Å². The van der Waals surface area contributed by atoms with Gasteiger partial charge < -0.3 is 20.1 Å². The molecule has 0 saturated carbocycles. The number of benzene rings is 1. The summed E-state index contributed by atoms with van der Waals surface area (Å²) in [6, 6.07) is 6.06. The molecule has 0 amide bonds. The molecule has 1 aromatic rings. The number of aliphatic imine (C=N–C) groups is 1. The van der Waals surface area contributed by atoms with Crippen LogP contribution in [0.1, 0.15) is 33.3 Å². The highest BCUT2D eigenvalue weighted by Crippen LogP contribution is 2.32. The van der Waals surface area contributed by atoms with Gasteiger partial charge in [0.2, 0.25) is 0 Å². The zero-order valence-electron chi connectivity index (χ0n) is 15.9. The van der Waals surface area contributed by atoms with E-state index in [-0.39, 0.29) is 29.4 Å². The Morgan fingerprint density at radius 1 is 1.12 bits per heavy atom. The molecule has 2 N–H and O–H groups in total. The molecule has 0 atom stereocenters. The van der Waals surface area contributed by atoms with Gasteiger partial charge in [0.15, 0.2) is 17.5 Å². The smallest absolute Gasteiger partial charge is 0.191 e. The van der Waals surface area contributed by atoms with Crippen molar-refractivity contribution in [3.05, 3.63) is 23.8 Å². The highest BCUT2D eigenvalue weighted by atomic mass is 127. The van der Waals surface area contributed by atoms with Crippen LogP contribution in [0.2, 0.25) is 0 Å². The Labute approximate surface area is 163 Å². The molecule has 138 valence electrons. The van der Waals surface area contributed by atoms with Crippen molar-refractivity contribution in [1.29, 1.82) is 0 Å². The van der Waals surface area contributed by atoms with Gasteiger partial charge in [-0.05, 0) is 23.6 Å². The Hall–Kier alpha value is -1.18. The zero-order chi connectivity index (χ0) is 17.5.